The van der Waals surface area contributed by atoms with Crippen molar-refractivity contribution >= 4 is 19.8 Å². The molecule has 9 nitrogen and oxygen atoms in total. The number of phosphoric ester groups is 1. The number of carbonyl (C=O) groups is 2. The van der Waals surface area contributed by atoms with E-state index in [4.69, 9.17) is 24.3 Å². The van der Waals surface area contributed by atoms with Crippen LogP contribution in [0.15, 0.2) is 97.2 Å². The van der Waals surface area contributed by atoms with Crippen LogP contribution in [-0.2, 0) is 32.7 Å². The molecule has 0 amide bonds. The predicted octanol–water partition coefficient (Wildman–Crippen LogP) is 12.2. The van der Waals surface area contributed by atoms with Gasteiger partial charge in [-0.1, -0.05) is 143 Å². The van der Waals surface area contributed by atoms with Crippen LogP contribution in [0.4, 0.5) is 0 Å². The largest absolute Gasteiger partial charge is 0.472 e. The smallest absolute Gasteiger partial charge is 0.462 e. The topological polar surface area (TPSA) is 134 Å². The highest BCUT2D eigenvalue weighted by Gasteiger charge is 2.25. The normalized spacial score (nSPS) is 14.3. The summed E-state index contributed by atoms with van der Waals surface area (Å²) in [7, 11) is -4.40. The Morgan fingerprint density at radius 2 is 1.00 bits per heavy atom. The van der Waals surface area contributed by atoms with Crippen molar-refractivity contribution in [3.05, 3.63) is 97.2 Å². The second-order valence-electron chi connectivity index (χ2n) is 13.5. The Morgan fingerprint density at radius 3 is 1.54 bits per heavy atom. The number of allylic oxidation sites excluding steroid dienone is 16. The fourth-order valence-electron chi connectivity index (χ4n) is 5.09. The van der Waals surface area contributed by atoms with Gasteiger partial charge in [0, 0.05) is 19.4 Å². The summed E-state index contributed by atoms with van der Waals surface area (Å²) in [6.45, 7) is 3.48. The molecule has 0 radical (unpaired) electrons. The van der Waals surface area contributed by atoms with Crippen LogP contribution in [0.2, 0.25) is 0 Å². The van der Waals surface area contributed by atoms with E-state index in [0.29, 0.717) is 19.3 Å². The Morgan fingerprint density at radius 1 is 0.554 bits per heavy atom. The van der Waals surface area contributed by atoms with E-state index in [1.807, 2.05) is 6.08 Å². The zero-order valence-corrected chi connectivity index (χ0v) is 35.7. The maximum absolute atomic E-state index is 12.6. The van der Waals surface area contributed by atoms with E-state index in [9.17, 15) is 19.0 Å². The predicted molar refractivity (Wildman–Crippen MR) is 233 cm³/mol. The SMILES string of the molecule is CC/C=C\C/C=C\C/C=C\C/C=C\C/C=C\C/C=C\C/C=C\CCCC(=O)OC(COC(=O)CCCCCCC/C=C\CCCCC)COP(=O)(O)OCCN. The summed E-state index contributed by atoms with van der Waals surface area (Å²) >= 11 is 0. The van der Waals surface area contributed by atoms with Crippen LogP contribution in [-0.4, -0.2) is 49.3 Å². The Hall–Kier alpha value is -3.07. The third-order valence-electron chi connectivity index (χ3n) is 8.20. The van der Waals surface area contributed by atoms with Crippen molar-refractivity contribution in [3.8, 4) is 0 Å². The molecule has 0 rings (SSSR count). The van der Waals surface area contributed by atoms with E-state index in [0.717, 1.165) is 83.5 Å². The Bertz CT molecular complexity index is 1230. The lowest BCUT2D eigenvalue weighted by atomic mass is 10.1. The summed E-state index contributed by atoms with van der Waals surface area (Å²) in [5.41, 5.74) is 5.34. The second kappa shape index (κ2) is 41.6. The van der Waals surface area contributed by atoms with Gasteiger partial charge in [0.05, 0.1) is 13.2 Å². The molecule has 0 aliphatic rings. The number of unbranched alkanes of at least 4 members (excludes halogenated alkanes) is 9. The van der Waals surface area contributed by atoms with E-state index in [1.54, 1.807) is 0 Å². The van der Waals surface area contributed by atoms with Crippen molar-refractivity contribution in [2.75, 3.05) is 26.4 Å². The molecule has 56 heavy (non-hydrogen) atoms. The van der Waals surface area contributed by atoms with Crippen LogP contribution in [0.25, 0.3) is 0 Å². The lowest BCUT2D eigenvalue weighted by molar-refractivity contribution is -0.161. The molecule has 0 aromatic rings. The lowest BCUT2D eigenvalue weighted by Gasteiger charge is -2.19. The fraction of sp³-hybridized carbons (Fsp3) is 0.609. The van der Waals surface area contributed by atoms with Crippen LogP contribution in [0, 0.1) is 0 Å². The number of phosphoric acid groups is 1. The molecule has 0 fully saturated rings. The zero-order valence-electron chi connectivity index (χ0n) is 34.8. The average molecular weight is 802 g/mol. The van der Waals surface area contributed by atoms with Gasteiger partial charge in [-0.2, -0.15) is 0 Å². The Balaban J connectivity index is 4.31. The Labute approximate surface area is 340 Å². The van der Waals surface area contributed by atoms with Crippen molar-refractivity contribution in [1.82, 2.24) is 0 Å². The highest BCUT2D eigenvalue weighted by molar-refractivity contribution is 7.47. The van der Waals surface area contributed by atoms with Gasteiger partial charge >= 0.3 is 19.8 Å². The standard InChI is InChI=1S/C46H76NO8P/c1-3-5-7-9-11-13-15-17-18-19-20-21-22-23-24-25-26-27-29-31-33-35-37-39-46(49)55-44(43-54-56(50,51)53-41-40-47)42-52-45(48)38-36-34-32-30-28-16-14-12-10-8-6-4-2/h5,7,11-14,17-18,20-21,23-24,26-27,31,33,44H,3-4,6,8-10,15-16,19,22,25,28-30,32,34-43,47H2,1-2H3,(H,50,51)/b7-5-,13-11-,14-12-,18-17-,21-20-,24-23-,27-26-,33-31-. The minimum atomic E-state index is -4.40. The van der Waals surface area contributed by atoms with Crippen molar-refractivity contribution in [3.63, 3.8) is 0 Å². The van der Waals surface area contributed by atoms with Gasteiger partial charge in [0.25, 0.3) is 0 Å². The summed E-state index contributed by atoms with van der Waals surface area (Å²) in [4.78, 5) is 34.8. The first-order valence-corrected chi connectivity index (χ1v) is 22.7. The number of esters is 2. The lowest BCUT2D eigenvalue weighted by Crippen LogP contribution is -2.29. The van der Waals surface area contributed by atoms with Crippen LogP contribution >= 0.6 is 7.82 Å². The van der Waals surface area contributed by atoms with Crippen LogP contribution < -0.4 is 5.73 Å². The highest BCUT2D eigenvalue weighted by Crippen LogP contribution is 2.43. The van der Waals surface area contributed by atoms with Crippen LogP contribution in [0.1, 0.15) is 149 Å². The molecule has 0 saturated carbocycles. The molecule has 2 unspecified atom stereocenters. The molecular formula is C46H76NO8P. The zero-order chi connectivity index (χ0) is 41.1. The van der Waals surface area contributed by atoms with Gasteiger partial charge < -0.3 is 20.1 Å². The molecule has 0 aliphatic heterocycles. The second-order valence-corrected chi connectivity index (χ2v) is 14.9. The van der Waals surface area contributed by atoms with E-state index in [1.165, 1.54) is 19.3 Å². The minimum Gasteiger partial charge on any atom is -0.462 e. The van der Waals surface area contributed by atoms with E-state index >= 15 is 0 Å². The first kappa shape index (κ1) is 52.9. The quantitative estimate of drug-likeness (QED) is 0.0271. The van der Waals surface area contributed by atoms with Crippen molar-refractivity contribution < 1.29 is 37.6 Å². The highest BCUT2D eigenvalue weighted by atomic mass is 31.2. The number of ether oxygens (including phenoxy) is 2. The molecule has 318 valence electrons. The number of hydrogen-bond donors (Lipinski definition) is 2. The first-order valence-electron chi connectivity index (χ1n) is 21.2. The summed E-state index contributed by atoms with van der Waals surface area (Å²) in [5.74, 6) is -0.920. The molecule has 2 atom stereocenters. The molecule has 0 saturated heterocycles. The molecular weight excluding hydrogens is 725 g/mol. The molecule has 3 N–H and O–H groups in total. The molecule has 10 heteroatoms. The molecule has 0 aromatic heterocycles. The number of carbonyl (C=O) groups excluding carboxylic acids is 2. The summed E-state index contributed by atoms with van der Waals surface area (Å²) in [6, 6.07) is 0. The van der Waals surface area contributed by atoms with E-state index in [-0.39, 0.29) is 32.6 Å². The molecule has 0 aromatic carbocycles. The number of hydrogen-bond acceptors (Lipinski definition) is 8. The summed E-state index contributed by atoms with van der Waals surface area (Å²) < 4.78 is 32.6. The maximum atomic E-state index is 12.6. The molecule has 0 spiro atoms. The van der Waals surface area contributed by atoms with Gasteiger partial charge in [-0.25, -0.2) is 4.57 Å². The van der Waals surface area contributed by atoms with Gasteiger partial charge in [0.15, 0.2) is 6.10 Å². The van der Waals surface area contributed by atoms with Gasteiger partial charge in [-0.05, 0) is 89.9 Å². The third kappa shape index (κ3) is 40.6. The summed E-state index contributed by atoms with van der Waals surface area (Å²) in [6.07, 6.45) is 53.0. The van der Waals surface area contributed by atoms with Gasteiger partial charge in [0.1, 0.15) is 6.61 Å². The van der Waals surface area contributed by atoms with Crippen molar-refractivity contribution in [2.45, 2.75) is 155 Å². The summed E-state index contributed by atoms with van der Waals surface area (Å²) in [5, 5.41) is 0. The fourth-order valence-corrected chi connectivity index (χ4v) is 5.85. The van der Waals surface area contributed by atoms with Crippen molar-refractivity contribution in [1.29, 1.82) is 0 Å². The number of rotatable bonds is 38. The minimum absolute atomic E-state index is 0.0376. The molecule has 0 bridgehead atoms. The third-order valence-corrected chi connectivity index (χ3v) is 9.19. The van der Waals surface area contributed by atoms with Gasteiger partial charge in [0.2, 0.25) is 0 Å². The van der Waals surface area contributed by atoms with Crippen molar-refractivity contribution in [2.24, 2.45) is 5.73 Å². The van der Waals surface area contributed by atoms with E-state index in [2.05, 4.69) is 105 Å². The maximum Gasteiger partial charge on any atom is 0.472 e. The van der Waals surface area contributed by atoms with Crippen LogP contribution in [0.3, 0.4) is 0 Å². The van der Waals surface area contributed by atoms with Crippen LogP contribution in [0.5, 0.6) is 0 Å². The first-order chi connectivity index (χ1) is 27.3. The van der Waals surface area contributed by atoms with Gasteiger partial charge in [-0.15, -0.1) is 0 Å². The average Bonchev–Trinajstić information content (AvgIpc) is 3.18. The number of nitrogens with two attached hydrogens (primary N) is 1. The Kier molecular flexibility index (Phi) is 39.3. The monoisotopic (exact) mass is 802 g/mol. The molecule has 0 heterocycles. The molecule has 0 aliphatic carbocycles. The van der Waals surface area contributed by atoms with E-state index < -0.39 is 32.5 Å². The van der Waals surface area contributed by atoms with Gasteiger partial charge in [-0.3, -0.25) is 18.6 Å².